The first-order chi connectivity index (χ1) is 9.42. The minimum absolute atomic E-state index is 0.105. The SMILES string of the molecule is C=NC(=O)C1CCCN1C(=C)CC(C)C(C)[C@@H](C)CC. The zero-order valence-corrected chi connectivity index (χ0v) is 13.6. The van der Waals surface area contributed by atoms with Crippen molar-refractivity contribution < 1.29 is 4.79 Å². The predicted octanol–water partition coefficient (Wildman–Crippen LogP) is 3.90. The third-order valence-corrected chi connectivity index (χ3v) is 5.10. The number of rotatable bonds is 7. The molecule has 4 atom stereocenters. The lowest BCUT2D eigenvalue weighted by Gasteiger charge is -2.31. The van der Waals surface area contributed by atoms with Gasteiger partial charge in [-0.05, 0) is 43.7 Å². The van der Waals surface area contributed by atoms with Crippen molar-refractivity contribution in [3.8, 4) is 0 Å². The first-order valence-electron chi connectivity index (χ1n) is 7.87. The van der Waals surface area contributed by atoms with Crippen molar-refractivity contribution in [3.05, 3.63) is 12.3 Å². The van der Waals surface area contributed by atoms with E-state index >= 15 is 0 Å². The fraction of sp³-hybridized carbons (Fsp3) is 0.765. The molecule has 1 amide bonds. The highest BCUT2D eigenvalue weighted by Gasteiger charge is 2.31. The van der Waals surface area contributed by atoms with E-state index in [2.05, 4.69) is 50.9 Å². The molecule has 3 heteroatoms. The molecule has 114 valence electrons. The Morgan fingerprint density at radius 3 is 2.55 bits per heavy atom. The Balaban J connectivity index is 2.61. The number of nitrogens with zero attached hydrogens (tertiary/aromatic N) is 2. The fourth-order valence-electron chi connectivity index (χ4n) is 3.11. The summed E-state index contributed by atoms with van der Waals surface area (Å²) < 4.78 is 0. The number of aliphatic imine (C=N–C) groups is 1. The lowest BCUT2D eigenvalue weighted by molar-refractivity contribution is -0.121. The van der Waals surface area contributed by atoms with Crippen LogP contribution in [0.2, 0.25) is 0 Å². The third kappa shape index (κ3) is 3.94. The van der Waals surface area contributed by atoms with Gasteiger partial charge in [-0.2, -0.15) is 0 Å². The standard InChI is InChI=1S/C17H30N2O/c1-7-12(2)15(5)13(3)11-14(4)19-10-8-9-16(19)17(20)18-6/h12-13,15-16H,4,6-11H2,1-3,5H3/t12-,13?,15?,16?/m0/s1. The average Bonchev–Trinajstić information content (AvgIpc) is 2.93. The molecule has 20 heavy (non-hydrogen) atoms. The molecule has 0 saturated carbocycles. The molecule has 3 unspecified atom stereocenters. The van der Waals surface area contributed by atoms with Crippen LogP contribution in [0.15, 0.2) is 17.3 Å². The highest BCUT2D eigenvalue weighted by molar-refractivity contribution is 5.86. The summed E-state index contributed by atoms with van der Waals surface area (Å²) in [5.74, 6) is 1.88. The van der Waals surface area contributed by atoms with Crippen molar-refractivity contribution in [1.82, 2.24) is 4.90 Å². The number of carbonyl (C=O) groups is 1. The Labute approximate surface area is 124 Å². The maximum atomic E-state index is 11.8. The lowest BCUT2D eigenvalue weighted by atomic mass is 9.81. The zero-order valence-electron chi connectivity index (χ0n) is 13.6. The number of hydrogen-bond acceptors (Lipinski definition) is 2. The van der Waals surface area contributed by atoms with Gasteiger partial charge in [-0.1, -0.05) is 40.7 Å². The summed E-state index contributed by atoms with van der Waals surface area (Å²) in [6, 6.07) is -0.119. The van der Waals surface area contributed by atoms with Gasteiger partial charge in [0.2, 0.25) is 0 Å². The van der Waals surface area contributed by atoms with Crippen molar-refractivity contribution in [3.63, 3.8) is 0 Å². The summed E-state index contributed by atoms with van der Waals surface area (Å²) in [5, 5.41) is 0. The summed E-state index contributed by atoms with van der Waals surface area (Å²) >= 11 is 0. The van der Waals surface area contributed by atoms with E-state index in [1.54, 1.807) is 0 Å². The van der Waals surface area contributed by atoms with E-state index in [0.29, 0.717) is 11.8 Å². The van der Waals surface area contributed by atoms with E-state index in [4.69, 9.17) is 0 Å². The van der Waals surface area contributed by atoms with E-state index in [-0.39, 0.29) is 11.9 Å². The van der Waals surface area contributed by atoms with E-state index in [0.717, 1.165) is 37.4 Å². The van der Waals surface area contributed by atoms with Crippen molar-refractivity contribution in [1.29, 1.82) is 0 Å². The molecule has 0 aromatic heterocycles. The quantitative estimate of drug-likeness (QED) is 0.662. The van der Waals surface area contributed by atoms with Gasteiger partial charge in [-0.15, -0.1) is 0 Å². The van der Waals surface area contributed by atoms with Gasteiger partial charge >= 0.3 is 0 Å². The van der Waals surface area contributed by atoms with E-state index < -0.39 is 0 Å². The summed E-state index contributed by atoms with van der Waals surface area (Å²) in [5.41, 5.74) is 1.09. The highest BCUT2D eigenvalue weighted by Crippen LogP contribution is 2.31. The van der Waals surface area contributed by atoms with Crippen LogP contribution in [0.25, 0.3) is 0 Å². The van der Waals surface area contributed by atoms with Crippen molar-refractivity contribution in [2.24, 2.45) is 22.7 Å². The Bertz CT molecular complexity index is 364. The van der Waals surface area contributed by atoms with Gasteiger partial charge in [-0.25, -0.2) is 4.99 Å². The molecule has 3 nitrogen and oxygen atoms in total. The van der Waals surface area contributed by atoms with Crippen LogP contribution in [0.5, 0.6) is 0 Å². The van der Waals surface area contributed by atoms with Gasteiger partial charge < -0.3 is 4.90 Å². The number of carbonyl (C=O) groups excluding carboxylic acids is 1. The Kier molecular flexibility index (Phi) is 6.44. The second-order valence-corrected chi connectivity index (χ2v) is 6.34. The number of likely N-dealkylation sites (tertiary alicyclic amines) is 1. The molecular formula is C17H30N2O. The van der Waals surface area contributed by atoms with E-state index in [9.17, 15) is 4.79 Å². The molecule has 0 radical (unpaired) electrons. The average molecular weight is 278 g/mol. The van der Waals surface area contributed by atoms with Crippen LogP contribution < -0.4 is 0 Å². The molecule has 0 aromatic carbocycles. The van der Waals surface area contributed by atoms with E-state index in [1.165, 1.54) is 6.42 Å². The molecule has 1 heterocycles. The normalized spacial score (nSPS) is 23.2. The molecule has 0 spiro atoms. The molecule has 1 aliphatic rings. The summed E-state index contributed by atoms with van der Waals surface area (Å²) in [4.78, 5) is 17.5. The van der Waals surface area contributed by atoms with Crippen molar-refractivity contribution in [2.45, 2.75) is 59.4 Å². The monoisotopic (exact) mass is 278 g/mol. The van der Waals surface area contributed by atoms with Crippen LogP contribution in [-0.2, 0) is 4.79 Å². The molecule has 0 bridgehead atoms. The molecule has 1 fully saturated rings. The lowest BCUT2D eigenvalue weighted by Crippen LogP contribution is -2.35. The number of amides is 1. The van der Waals surface area contributed by atoms with Gasteiger partial charge in [-0.3, -0.25) is 4.79 Å². The summed E-state index contributed by atoms with van der Waals surface area (Å²) in [7, 11) is 0. The number of hydrogen-bond donors (Lipinski definition) is 0. The van der Waals surface area contributed by atoms with Crippen LogP contribution >= 0.6 is 0 Å². The first kappa shape index (κ1) is 16.9. The second kappa shape index (κ2) is 7.61. The molecule has 1 aliphatic heterocycles. The first-order valence-corrected chi connectivity index (χ1v) is 7.87. The minimum atomic E-state index is -0.119. The van der Waals surface area contributed by atoms with E-state index in [1.807, 2.05) is 0 Å². The van der Waals surface area contributed by atoms with Gasteiger partial charge in [0, 0.05) is 12.2 Å². The Hall–Kier alpha value is -1.12. The van der Waals surface area contributed by atoms with Gasteiger partial charge in [0.05, 0.1) is 0 Å². The predicted molar refractivity (Wildman–Crippen MR) is 85.8 cm³/mol. The van der Waals surface area contributed by atoms with Gasteiger partial charge in [0.1, 0.15) is 6.04 Å². The maximum Gasteiger partial charge on any atom is 0.267 e. The molecular weight excluding hydrogens is 248 g/mol. The van der Waals surface area contributed by atoms with Crippen LogP contribution in [0.3, 0.4) is 0 Å². The molecule has 0 aromatic rings. The minimum Gasteiger partial charge on any atom is -0.363 e. The van der Waals surface area contributed by atoms with Crippen LogP contribution in [0.4, 0.5) is 0 Å². The van der Waals surface area contributed by atoms with Gasteiger partial charge in [0.25, 0.3) is 5.91 Å². The van der Waals surface area contributed by atoms with Crippen LogP contribution in [-0.4, -0.2) is 30.1 Å². The van der Waals surface area contributed by atoms with Crippen LogP contribution in [0.1, 0.15) is 53.4 Å². The zero-order chi connectivity index (χ0) is 15.3. The fourth-order valence-corrected chi connectivity index (χ4v) is 3.11. The van der Waals surface area contributed by atoms with Gasteiger partial charge in [0.15, 0.2) is 0 Å². The topological polar surface area (TPSA) is 32.7 Å². The highest BCUT2D eigenvalue weighted by atomic mass is 16.1. The maximum absolute atomic E-state index is 11.8. The van der Waals surface area contributed by atoms with Crippen LogP contribution in [0, 0.1) is 17.8 Å². The molecule has 0 aliphatic carbocycles. The molecule has 1 saturated heterocycles. The smallest absolute Gasteiger partial charge is 0.267 e. The molecule has 1 rings (SSSR count). The van der Waals surface area contributed by atoms with Crippen molar-refractivity contribution in [2.75, 3.05) is 6.54 Å². The van der Waals surface area contributed by atoms with Crippen molar-refractivity contribution >= 4 is 12.6 Å². The Morgan fingerprint density at radius 1 is 1.35 bits per heavy atom. The summed E-state index contributed by atoms with van der Waals surface area (Å²) in [6.45, 7) is 17.7. The summed E-state index contributed by atoms with van der Waals surface area (Å²) in [6.07, 6.45) is 4.10. The second-order valence-electron chi connectivity index (χ2n) is 6.34. The number of allylic oxidation sites excluding steroid dienone is 1. The molecule has 0 N–H and O–H groups in total. The third-order valence-electron chi connectivity index (χ3n) is 5.10. The largest absolute Gasteiger partial charge is 0.363 e. The Morgan fingerprint density at radius 2 is 2.00 bits per heavy atom.